The van der Waals surface area contributed by atoms with Gasteiger partial charge in [0.25, 0.3) is 10.0 Å². The van der Waals surface area contributed by atoms with Gasteiger partial charge in [0.05, 0.1) is 16.6 Å². The summed E-state index contributed by atoms with van der Waals surface area (Å²) in [5, 5.41) is 3.73. The summed E-state index contributed by atoms with van der Waals surface area (Å²) in [5.74, 6) is -0.643. The molecule has 0 bridgehead atoms. The van der Waals surface area contributed by atoms with Crippen LogP contribution in [0.5, 0.6) is 0 Å². The summed E-state index contributed by atoms with van der Waals surface area (Å²) in [6.07, 6.45) is 1.39. The number of sulfonamides is 1. The monoisotopic (exact) mass is 395 g/mol. The van der Waals surface area contributed by atoms with Crippen molar-refractivity contribution >= 4 is 43.3 Å². The van der Waals surface area contributed by atoms with Crippen molar-refractivity contribution in [1.82, 2.24) is 9.82 Å². The van der Waals surface area contributed by atoms with Crippen molar-refractivity contribution in [3.05, 3.63) is 63.1 Å². The number of nitrogens with zero attached hydrogens (tertiary/aromatic N) is 1. The van der Waals surface area contributed by atoms with Gasteiger partial charge in [-0.05, 0) is 29.8 Å². The van der Waals surface area contributed by atoms with Gasteiger partial charge < -0.3 is 4.42 Å². The summed E-state index contributed by atoms with van der Waals surface area (Å²) in [7, 11) is -3.86. The predicted octanol–water partition coefficient (Wildman–Crippen LogP) is 2.20. The molecular formula is C14H10BrN3O4S. The largest absolute Gasteiger partial charge is 0.417 e. The second-order valence-corrected chi connectivity index (χ2v) is 7.16. The SMILES string of the molecule is O=c1[nH]c2ccc(S(=O)(=O)N/N=C/c3cccc(Br)c3)cc2o1. The van der Waals surface area contributed by atoms with Crippen molar-refractivity contribution in [2.45, 2.75) is 4.90 Å². The average Bonchev–Trinajstić information content (AvgIpc) is 2.86. The van der Waals surface area contributed by atoms with Gasteiger partial charge in [-0.3, -0.25) is 4.98 Å². The molecule has 0 fully saturated rings. The lowest BCUT2D eigenvalue weighted by molar-refractivity contribution is 0.553. The summed E-state index contributed by atoms with van der Waals surface area (Å²) < 4.78 is 30.1. The lowest BCUT2D eigenvalue weighted by Gasteiger charge is -2.02. The Kier molecular flexibility index (Phi) is 4.05. The van der Waals surface area contributed by atoms with E-state index in [0.29, 0.717) is 5.52 Å². The number of H-pyrrole nitrogens is 1. The molecule has 1 aromatic heterocycles. The van der Waals surface area contributed by atoms with Crippen molar-refractivity contribution in [3.8, 4) is 0 Å². The van der Waals surface area contributed by atoms with Crippen molar-refractivity contribution in [1.29, 1.82) is 0 Å². The Morgan fingerprint density at radius 1 is 1.22 bits per heavy atom. The number of halogens is 1. The summed E-state index contributed by atoms with van der Waals surface area (Å²) in [6, 6.07) is 11.3. The number of benzene rings is 2. The third kappa shape index (κ3) is 3.51. The Hall–Kier alpha value is -2.39. The van der Waals surface area contributed by atoms with Crippen LogP contribution in [0.3, 0.4) is 0 Å². The summed E-state index contributed by atoms with van der Waals surface area (Å²) >= 11 is 3.32. The Bertz CT molecular complexity index is 1050. The maximum absolute atomic E-state index is 12.2. The van der Waals surface area contributed by atoms with Gasteiger partial charge in [-0.1, -0.05) is 28.1 Å². The first-order valence-corrected chi connectivity index (χ1v) is 8.65. The molecule has 118 valence electrons. The van der Waals surface area contributed by atoms with E-state index in [1.807, 2.05) is 12.1 Å². The summed E-state index contributed by atoms with van der Waals surface area (Å²) in [6.45, 7) is 0. The third-order valence-electron chi connectivity index (χ3n) is 2.94. The minimum atomic E-state index is -3.86. The van der Waals surface area contributed by atoms with Crippen molar-refractivity contribution < 1.29 is 12.8 Å². The lowest BCUT2D eigenvalue weighted by Crippen LogP contribution is -2.18. The Labute approximate surface area is 139 Å². The fourth-order valence-corrected chi connectivity index (χ4v) is 3.13. The molecule has 0 radical (unpaired) electrons. The van der Waals surface area contributed by atoms with E-state index in [0.717, 1.165) is 10.0 Å². The number of hydrogen-bond donors (Lipinski definition) is 2. The van der Waals surface area contributed by atoms with Crippen LogP contribution in [0.1, 0.15) is 5.56 Å². The van der Waals surface area contributed by atoms with Crippen LogP contribution in [-0.2, 0) is 10.0 Å². The number of oxazole rings is 1. The van der Waals surface area contributed by atoms with Gasteiger partial charge >= 0.3 is 5.76 Å². The molecule has 0 aliphatic carbocycles. The van der Waals surface area contributed by atoms with Crippen LogP contribution in [0.15, 0.2) is 66.1 Å². The smallest absolute Gasteiger partial charge is 0.408 e. The third-order valence-corrected chi connectivity index (χ3v) is 4.65. The molecule has 0 aliphatic heterocycles. The maximum atomic E-state index is 12.2. The van der Waals surface area contributed by atoms with Crippen LogP contribution in [0, 0.1) is 0 Å². The van der Waals surface area contributed by atoms with E-state index < -0.39 is 15.8 Å². The van der Waals surface area contributed by atoms with Gasteiger partial charge in [0.15, 0.2) is 5.58 Å². The van der Waals surface area contributed by atoms with Gasteiger partial charge in [-0.2, -0.15) is 13.5 Å². The predicted molar refractivity (Wildman–Crippen MR) is 88.9 cm³/mol. The van der Waals surface area contributed by atoms with E-state index in [2.05, 4.69) is 30.8 Å². The molecule has 0 spiro atoms. The van der Waals surface area contributed by atoms with Gasteiger partial charge in [0.2, 0.25) is 0 Å². The quantitative estimate of drug-likeness (QED) is 0.521. The van der Waals surface area contributed by atoms with Gasteiger partial charge in [-0.25, -0.2) is 9.63 Å². The Morgan fingerprint density at radius 2 is 2.04 bits per heavy atom. The van der Waals surface area contributed by atoms with Crippen LogP contribution in [0.4, 0.5) is 0 Å². The zero-order valence-electron chi connectivity index (χ0n) is 11.5. The van der Waals surface area contributed by atoms with E-state index in [4.69, 9.17) is 4.42 Å². The first kappa shape index (κ1) is 15.5. The summed E-state index contributed by atoms with van der Waals surface area (Å²) in [4.78, 5) is 15.6. The first-order valence-electron chi connectivity index (χ1n) is 6.37. The fraction of sp³-hybridized carbons (Fsp3) is 0. The van der Waals surface area contributed by atoms with Crippen LogP contribution < -0.4 is 10.6 Å². The Balaban J connectivity index is 1.83. The van der Waals surface area contributed by atoms with E-state index in [1.165, 1.54) is 24.4 Å². The molecule has 3 aromatic rings. The molecule has 0 aliphatic rings. The molecular weight excluding hydrogens is 386 g/mol. The van der Waals surface area contributed by atoms with Crippen LogP contribution >= 0.6 is 15.9 Å². The van der Waals surface area contributed by atoms with Gasteiger partial charge in [0, 0.05) is 10.5 Å². The zero-order chi connectivity index (χ0) is 16.4. The van der Waals surface area contributed by atoms with Crippen LogP contribution in [-0.4, -0.2) is 19.6 Å². The standard InChI is InChI=1S/C14H10BrN3O4S/c15-10-3-1-2-9(6-10)8-16-18-23(20,21)11-4-5-12-13(7-11)22-14(19)17-12/h1-8,18H,(H,17,19)/b16-8+. The highest BCUT2D eigenvalue weighted by molar-refractivity contribution is 9.10. The van der Waals surface area contributed by atoms with Crippen molar-refractivity contribution in [2.24, 2.45) is 5.10 Å². The number of hydrazone groups is 1. The molecule has 3 rings (SSSR count). The number of fused-ring (bicyclic) bond motifs is 1. The molecule has 0 saturated heterocycles. The molecule has 7 nitrogen and oxygen atoms in total. The van der Waals surface area contributed by atoms with Gasteiger partial charge in [-0.15, -0.1) is 0 Å². The number of rotatable bonds is 4. The van der Waals surface area contributed by atoms with Crippen LogP contribution in [0.25, 0.3) is 11.1 Å². The molecule has 0 atom stereocenters. The highest BCUT2D eigenvalue weighted by Crippen LogP contribution is 2.16. The molecule has 0 amide bonds. The minimum Gasteiger partial charge on any atom is -0.408 e. The van der Waals surface area contributed by atoms with Crippen molar-refractivity contribution in [3.63, 3.8) is 0 Å². The molecule has 2 N–H and O–H groups in total. The number of aromatic nitrogens is 1. The molecule has 2 aromatic carbocycles. The lowest BCUT2D eigenvalue weighted by atomic mass is 10.2. The highest BCUT2D eigenvalue weighted by Gasteiger charge is 2.14. The second-order valence-electron chi connectivity index (χ2n) is 4.58. The van der Waals surface area contributed by atoms with Crippen LogP contribution in [0.2, 0.25) is 0 Å². The average molecular weight is 396 g/mol. The number of aromatic amines is 1. The minimum absolute atomic E-state index is 0.0563. The van der Waals surface area contributed by atoms with Crippen molar-refractivity contribution in [2.75, 3.05) is 0 Å². The molecule has 0 saturated carbocycles. The van der Waals surface area contributed by atoms with Gasteiger partial charge in [0.1, 0.15) is 0 Å². The molecule has 1 heterocycles. The van der Waals surface area contributed by atoms with E-state index >= 15 is 0 Å². The molecule has 9 heteroatoms. The maximum Gasteiger partial charge on any atom is 0.417 e. The Morgan fingerprint density at radius 3 is 2.83 bits per heavy atom. The molecule has 0 unspecified atom stereocenters. The van der Waals surface area contributed by atoms with E-state index in [-0.39, 0.29) is 10.5 Å². The normalized spacial score (nSPS) is 12.0. The summed E-state index contributed by atoms with van der Waals surface area (Å²) in [5.41, 5.74) is 1.31. The molecule has 23 heavy (non-hydrogen) atoms. The highest BCUT2D eigenvalue weighted by atomic mass is 79.9. The number of nitrogens with one attached hydrogen (secondary N) is 2. The topological polar surface area (TPSA) is 105 Å². The van der Waals surface area contributed by atoms with E-state index in [9.17, 15) is 13.2 Å². The zero-order valence-corrected chi connectivity index (χ0v) is 13.9. The second kappa shape index (κ2) is 6.01. The van der Waals surface area contributed by atoms with E-state index in [1.54, 1.807) is 12.1 Å². The number of hydrogen-bond acceptors (Lipinski definition) is 5. The first-order chi connectivity index (χ1) is 10.9. The fourth-order valence-electron chi connectivity index (χ4n) is 1.90.